The van der Waals surface area contributed by atoms with E-state index in [1.165, 1.54) is 0 Å². The predicted octanol–water partition coefficient (Wildman–Crippen LogP) is 1.47. The van der Waals surface area contributed by atoms with E-state index in [2.05, 4.69) is 20.9 Å². The number of aryl methyl sites for hydroxylation is 1. The van der Waals surface area contributed by atoms with Gasteiger partial charge in [-0.2, -0.15) is 5.10 Å². The molecule has 0 atom stereocenters. The Bertz CT molecular complexity index is 843. The zero-order valence-electron chi connectivity index (χ0n) is 14.1. The number of hydrogen-bond acceptors (Lipinski definition) is 5. The third kappa shape index (κ3) is 4.79. The predicted molar refractivity (Wildman–Crippen MR) is 94.1 cm³/mol. The zero-order chi connectivity index (χ0) is 18.2. The molecule has 0 unspecified atom stereocenters. The van der Waals surface area contributed by atoms with E-state index in [-0.39, 0.29) is 18.1 Å². The molecule has 0 saturated carbocycles. The molecule has 8 nitrogen and oxygen atoms in total. The molecule has 0 aliphatic rings. The van der Waals surface area contributed by atoms with Gasteiger partial charge in [-0.1, -0.05) is 35.5 Å². The first-order valence-electron chi connectivity index (χ1n) is 8.27. The van der Waals surface area contributed by atoms with Crippen molar-refractivity contribution in [1.82, 2.24) is 25.6 Å². The number of amides is 2. The summed E-state index contributed by atoms with van der Waals surface area (Å²) >= 11 is 0. The molecule has 3 rings (SSSR count). The van der Waals surface area contributed by atoms with Gasteiger partial charge in [0.25, 0.3) is 5.91 Å². The van der Waals surface area contributed by atoms with E-state index in [9.17, 15) is 9.59 Å². The Balaban J connectivity index is 1.39. The van der Waals surface area contributed by atoms with Crippen LogP contribution in [0.2, 0.25) is 0 Å². The standard InChI is InChI=1S/C18H19N5O3/c24-17(19-8-4-10-23-11-5-9-21-23)13-20-18(25)15-12-16(26-22-15)14-6-2-1-3-7-14/h1-3,5-7,9,11-12H,4,8,10,13H2,(H,19,24)(H,20,25). The second-order valence-corrected chi connectivity index (χ2v) is 5.60. The maximum absolute atomic E-state index is 12.1. The van der Waals surface area contributed by atoms with Crippen molar-refractivity contribution in [3.8, 4) is 11.3 Å². The third-order valence-electron chi connectivity index (χ3n) is 3.66. The fraction of sp³-hybridized carbons (Fsp3) is 0.222. The van der Waals surface area contributed by atoms with Gasteiger partial charge in [0.05, 0.1) is 6.54 Å². The summed E-state index contributed by atoms with van der Waals surface area (Å²) in [6.07, 6.45) is 4.33. The van der Waals surface area contributed by atoms with Crippen molar-refractivity contribution in [2.75, 3.05) is 13.1 Å². The molecule has 0 bridgehead atoms. The van der Waals surface area contributed by atoms with Gasteiger partial charge >= 0.3 is 0 Å². The van der Waals surface area contributed by atoms with Crippen LogP contribution in [0.1, 0.15) is 16.9 Å². The molecule has 1 aromatic carbocycles. The Labute approximate surface area is 150 Å². The summed E-state index contributed by atoms with van der Waals surface area (Å²) < 4.78 is 6.97. The van der Waals surface area contributed by atoms with Crippen LogP contribution in [-0.2, 0) is 11.3 Å². The van der Waals surface area contributed by atoms with Gasteiger partial charge in [-0.25, -0.2) is 0 Å². The van der Waals surface area contributed by atoms with Gasteiger partial charge < -0.3 is 15.2 Å². The second-order valence-electron chi connectivity index (χ2n) is 5.60. The van der Waals surface area contributed by atoms with Crippen LogP contribution in [0, 0.1) is 0 Å². The lowest BCUT2D eigenvalue weighted by Gasteiger charge is -2.06. The van der Waals surface area contributed by atoms with E-state index >= 15 is 0 Å². The second kappa shape index (κ2) is 8.61. The van der Waals surface area contributed by atoms with E-state index in [1.54, 1.807) is 16.9 Å². The fourth-order valence-electron chi connectivity index (χ4n) is 2.34. The van der Waals surface area contributed by atoms with E-state index in [1.807, 2.05) is 42.6 Å². The molecular formula is C18H19N5O3. The molecule has 8 heteroatoms. The van der Waals surface area contributed by atoms with Crippen molar-refractivity contribution in [3.05, 3.63) is 60.6 Å². The lowest BCUT2D eigenvalue weighted by molar-refractivity contribution is -0.120. The average Bonchev–Trinajstić information content (AvgIpc) is 3.36. The van der Waals surface area contributed by atoms with Gasteiger partial charge in [0.15, 0.2) is 11.5 Å². The molecule has 2 N–H and O–H groups in total. The van der Waals surface area contributed by atoms with Gasteiger partial charge in [0.2, 0.25) is 5.91 Å². The number of hydrogen-bond donors (Lipinski definition) is 2. The van der Waals surface area contributed by atoms with Crippen molar-refractivity contribution < 1.29 is 14.1 Å². The Hall–Kier alpha value is -3.42. The fourth-order valence-corrected chi connectivity index (χ4v) is 2.34. The van der Waals surface area contributed by atoms with Crippen molar-refractivity contribution >= 4 is 11.8 Å². The smallest absolute Gasteiger partial charge is 0.273 e. The molecule has 134 valence electrons. The first-order valence-corrected chi connectivity index (χ1v) is 8.27. The summed E-state index contributed by atoms with van der Waals surface area (Å²) in [4.78, 5) is 23.8. The SMILES string of the molecule is O=C(CNC(=O)c1cc(-c2ccccc2)on1)NCCCn1cccn1. The number of nitrogens with zero attached hydrogens (tertiary/aromatic N) is 3. The highest BCUT2D eigenvalue weighted by Gasteiger charge is 2.14. The average molecular weight is 353 g/mol. The third-order valence-corrected chi connectivity index (χ3v) is 3.66. The molecule has 0 aliphatic carbocycles. The summed E-state index contributed by atoms with van der Waals surface area (Å²) in [5.41, 5.74) is 0.962. The van der Waals surface area contributed by atoms with Crippen LogP contribution in [-0.4, -0.2) is 39.8 Å². The van der Waals surface area contributed by atoms with Gasteiger partial charge in [-0.3, -0.25) is 14.3 Å². The maximum atomic E-state index is 12.1. The van der Waals surface area contributed by atoms with E-state index in [4.69, 9.17) is 4.52 Å². The molecule has 0 fully saturated rings. The largest absolute Gasteiger partial charge is 0.355 e. The van der Waals surface area contributed by atoms with Crippen molar-refractivity contribution in [3.63, 3.8) is 0 Å². The lowest BCUT2D eigenvalue weighted by atomic mass is 10.1. The van der Waals surface area contributed by atoms with Gasteiger partial charge in [-0.15, -0.1) is 0 Å². The summed E-state index contributed by atoms with van der Waals surface area (Å²) in [6, 6.07) is 12.7. The zero-order valence-corrected chi connectivity index (χ0v) is 14.1. The summed E-state index contributed by atoms with van der Waals surface area (Å²) in [6.45, 7) is 1.12. The molecule has 2 amide bonds. The van der Waals surface area contributed by atoms with Crippen LogP contribution in [0.5, 0.6) is 0 Å². The van der Waals surface area contributed by atoms with Crippen LogP contribution < -0.4 is 10.6 Å². The monoisotopic (exact) mass is 353 g/mol. The molecular weight excluding hydrogens is 334 g/mol. The quantitative estimate of drug-likeness (QED) is 0.597. The Morgan fingerprint density at radius 3 is 2.73 bits per heavy atom. The molecule has 3 aromatic rings. The first kappa shape index (κ1) is 17.4. The van der Waals surface area contributed by atoms with E-state index in [0.29, 0.717) is 12.3 Å². The lowest BCUT2D eigenvalue weighted by Crippen LogP contribution is -2.37. The number of nitrogens with one attached hydrogen (secondary N) is 2. The van der Waals surface area contributed by atoms with Crippen LogP contribution >= 0.6 is 0 Å². The highest BCUT2D eigenvalue weighted by molar-refractivity contribution is 5.95. The molecule has 0 radical (unpaired) electrons. The summed E-state index contributed by atoms with van der Waals surface area (Å²) in [7, 11) is 0. The molecule has 0 saturated heterocycles. The van der Waals surface area contributed by atoms with Gasteiger partial charge in [0.1, 0.15) is 0 Å². The minimum atomic E-state index is -0.456. The number of carbonyl (C=O) groups is 2. The van der Waals surface area contributed by atoms with E-state index in [0.717, 1.165) is 18.5 Å². The van der Waals surface area contributed by atoms with E-state index < -0.39 is 5.91 Å². The van der Waals surface area contributed by atoms with Crippen molar-refractivity contribution in [2.45, 2.75) is 13.0 Å². The highest BCUT2D eigenvalue weighted by Crippen LogP contribution is 2.19. The summed E-state index contributed by atoms with van der Waals surface area (Å²) in [5.74, 6) is -0.216. The topological polar surface area (TPSA) is 102 Å². The maximum Gasteiger partial charge on any atom is 0.273 e. The van der Waals surface area contributed by atoms with Crippen LogP contribution in [0.15, 0.2) is 59.4 Å². The van der Waals surface area contributed by atoms with Crippen LogP contribution in [0.25, 0.3) is 11.3 Å². The van der Waals surface area contributed by atoms with Crippen molar-refractivity contribution in [2.24, 2.45) is 0 Å². The first-order chi connectivity index (χ1) is 12.7. The highest BCUT2D eigenvalue weighted by atomic mass is 16.5. The molecule has 0 aliphatic heterocycles. The van der Waals surface area contributed by atoms with Crippen LogP contribution in [0.3, 0.4) is 0 Å². The molecule has 0 spiro atoms. The minimum Gasteiger partial charge on any atom is -0.355 e. The van der Waals surface area contributed by atoms with Crippen LogP contribution in [0.4, 0.5) is 0 Å². The van der Waals surface area contributed by atoms with Gasteiger partial charge in [-0.05, 0) is 12.5 Å². The van der Waals surface area contributed by atoms with Gasteiger partial charge in [0, 0.05) is 37.1 Å². The number of benzene rings is 1. The Morgan fingerprint density at radius 1 is 1.12 bits per heavy atom. The normalized spacial score (nSPS) is 10.5. The minimum absolute atomic E-state index is 0.117. The molecule has 26 heavy (non-hydrogen) atoms. The Morgan fingerprint density at radius 2 is 1.96 bits per heavy atom. The number of rotatable bonds is 8. The number of carbonyl (C=O) groups excluding carboxylic acids is 2. The summed E-state index contributed by atoms with van der Waals surface area (Å²) in [5, 5.41) is 13.1. The molecule has 2 aromatic heterocycles. The molecule has 2 heterocycles. The van der Waals surface area contributed by atoms with Crippen molar-refractivity contribution in [1.29, 1.82) is 0 Å². The Kier molecular flexibility index (Phi) is 5.76. The number of aromatic nitrogens is 3.